The van der Waals surface area contributed by atoms with Gasteiger partial charge in [-0.2, -0.15) is 0 Å². The van der Waals surface area contributed by atoms with Crippen LogP contribution in [0.5, 0.6) is 0 Å². The van der Waals surface area contributed by atoms with Gasteiger partial charge in [-0.15, -0.1) is 0 Å². The van der Waals surface area contributed by atoms with Crippen molar-refractivity contribution in [2.45, 2.75) is 13.5 Å². The number of fused-ring (bicyclic) bond motifs is 1. The lowest BCUT2D eigenvalue weighted by atomic mass is 9.96. The minimum Gasteiger partial charge on any atom is -0.478 e. The first-order valence-corrected chi connectivity index (χ1v) is 9.04. The van der Waals surface area contributed by atoms with Gasteiger partial charge in [0.15, 0.2) is 0 Å². The third-order valence-electron chi connectivity index (χ3n) is 4.97. The van der Waals surface area contributed by atoms with E-state index in [-0.39, 0.29) is 11.1 Å². The monoisotopic (exact) mass is 369 g/mol. The lowest BCUT2D eigenvalue weighted by Crippen LogP contribution is -2.19. The number of carboxylic acids is 1. The topological polar surface area (TPSA) is 59.3 Å². The first-order valence-electron chi connectivity index (χ1n) is 9.04. The van der Waals surface area contributed by atoms with Crippen LogP contribution >= 0.6 is 0 Å². The first kappa shape index (κ1) is 17.7. The summed E-state index contributed by atoms with van der Waals surface area (Å²) in [7, 11) is 0. The number of aryl methyl sites for hydroxylation is 1. The first-order chi connectivity index (χ1) is 13.5. The maximum atomic E-state index is 12.9. The predicted molar refractivity (Wildman–Crippen MR) is 111 cm³/mol. The van der Waals surface area contributed by atoms with Crippen molar-refractivity contribution in [2.24, 2.45) is 0 Å². The molecule has 0 fully saturated rings. The average Bonchev–Trinajstić information content (AvgIpc) is 2.71. The van der Waals surface area contributed by atoms with Crippen LogP contribution in [-0.4, -0.2) is 15.6 Å². The summed E-state index contributed by atoms with van der Waals surface area (Å²) in [5.74, 6) is -0.953. The van der Waals surface area contributed by atoms with E-state index in [9.17, 15) is 14.7 Å². The Balaban J connectivity index is 1.77. The van der Waals surface area contributed by atoms with Crippen LogP contribution < -0.4 is 5.56 Å². The number of hydrogen-bond acceptors (Lipinski definition) is 2. The Bertz CT molecular complexity index is 1240. The van der Waals surface area contributed by atoms with Crippen molar-refractivity contribution in [1.82, 2.24) is 4.57 Å². The molecule has 4 aromatic rings. The van der Waals surface area contributed by atoms with Gasteiger partial charge in [-0.05, 0) is 64.9 Å². The minimum atomic E-state index is -0.953. The summed E-state index contributed by atoms with van der Waals surface area (Å²) < 4.78 is 1.70. The third kappa shape index (κ3) is 3.32. The van der Waals surface area contributed by atoms with E-state index in [4.69, 9.17) is 0 Å². The highest BCUT2D eigenvalue weighted by molar-refractivity contribution is 5.91. The fourth-order valence-electron chi connectivity index (χ4n) is 3.43. The second kappa shape index (κ2) is 7.16. The molecule has 4 rings (SSSR count). The molecule has 0 unspecified atom stereocenters. The Morgan fingerprint density at radius 2 is 1.75 bits per heavy atom. The molecular formula is C24H19NO3. The van der Waals surface area contributed by atoms with Gasteiger partial charge < -0.3 is 9.67 Å². The van der Waals surface area contributed by atoms with Crippen molar-refractivity contribution in [1.29, 1.82) is 0 Å². The van der Waals surface area contributed by atoms with Crippen LogP contribution in [0.4, 0.5) is 0 Å². The Morgan fingerprint density at radius 3 is 2.50 bits per heavy atom. The highest BCUT2D eigenvalue weighted by atomic mass is 16.4. The van der Waals surface area contributed by atoms with Gasteiger partial charge in [0.25, 0.3) is 5.56 Å². The van der Waals surface area contributed by atoms with E-state index in [1.807, 2.05) is 67.7 Å². The molecule has 28 heavy (non-hydrogen) atoms. The molecule has 0 amide bonds. The number of rotatable bonds is 4. The number of nitrogens with zero attached hydrogens (tertiary/aromatic N) is 1. The molecule has 4 nitrogen and oxygen atoms in total. The zero-order valence-corrected chi connectivity index (χ0v) is 15.4. The number of carbonyl (C=O) groups is 1. The molecule has 0 saturated heterocycles. The summed E-state index contributed by atoms with van der Waals surface area (Å²) in [5.41, 5.74) is 4.02. The molecule has 1 heterocycles. The van der Waals surface area contributed by atoms with Crippen LogP contribution in [0.3, 0.4) is 0 Å². The fourth-order valence-corrected chi connectivity index (χ4v) is 3.43. The van der Waals surface area contributed by atoms with E-state index < -0.39 is 5.97 Å². The molecule has 0 aliphatic carbocycles. The fraction of sp³-hybridized carbons (Fsp3) is 0.0833. The highest BCUT2D eigenvalue weighted by Gasteiger charge is 2.10. The normalized spacial score (nSPS) is 10.9. The summed E-state index contributed by atoms with van der Waals surface area (Å²) >= 11 is 0. The van der Waals surface area contributed by atoms with Crippen LogP contribution in [-0.2, 0) is 6.54 Å². The van der Waals surface area contributed by atoms with Gasteiger partial charge in [-0.3, -0.25) is 4.79 Å². The Morgan fingerprint density at radius 1 is 0.964 bits per heavy atom. The van der Waals surface area contributed by atoms with Gasteiger partial charge in [-0.25, -0.2) is 4.79 Å². The summed E-state index contributed by atoms with van der Waals surface area (Å²) in [6.45, 7) is 2.47. The van der Waals surface area contributed by atoms with Gasteiger partial charge in [0.2, 0.25) is 0 Å². The van der Waals surface area contributed by atoms with Crippen LogP contribution in [0, 0.1) is 6.92 Å². The largest absolute Gasteiger partial charge is 0.478 e. The SMILES string of the molecule is Cc1ccc(C(=O)O)cc1-c1ccc2c(=O)n(Cc3ccccc3)ccc2c1. The molecular weight excluding hydrogens is 350 g/mol. The average molecular weight is 369 g/mol. The molecule has 0 saturated carbocycles. The van der Waals surface area contributed by atoms with E-state index in [1.54, 1.807) is 22.8 Å². The van der Waals surface area contributed by atoms with E-state index in [2.05, 4.69) is 0 Å². The number of aromatic carboxylic acids is 1. The van der Waals surface area contributed by atoms with Gasteiger partial charge >= 0.3 is 5.97 Å². The molecule has 4 heteroatoms. The van der Waals surface area contributed by atoms with E-state index in [0.717, 1.165) is 27.6 Å². The molecule has 0 atom stereocenters. The smallest absolute Gasteiger partial charge is 0.335 e. The van der Waals surface area contributed by atoms with Gasteiger partial charge in [-0.1, -0.05) is 42.5 Å². The zero-order valence-electron chi connectivity index (χ0n) is 15.4. The molecule has 3 aromatic carbocycles. The lowest BCUT2D eigenvalue weighted by molar-refractivity contribution is 0.0697. The number of carboxylic acid groups (broad SMARTS) is 1. The van der Waals surface area contributed by atoms with E-state index >= 15 is 0 Å². The molecule has 138 valence electrons. The second-order valence-corrected chi connectivity index (χ2v) is 6.87. The summed E-state index contributed by atoms with van der Waals surface area (Å²) in [6.07, 6.45) is 1.81. The van der Waals surface area contributed by atoms with Gasteiger partial charge in [0.1, 0.15) is 0 Å². The minimum absolute atomic E-state index is 0.0380. The van der Waals surface area contributed by atoms with Crippen molar-refractivity contribution >= 4 is 16.7 Å². The lowest BCUT2D eigenvalue weighted by Gasteiger charge is -2.11. The van der Waals surface area contributed by atoms with Crippen molar-refractivity contribution < 1.29 is 9.90 Å². The number of pyridine rings is 1. The standard InChI is InChI=1S/C24H19NO3/c1-16-7-8-20(24(27)28)14-22(16)18-9-10-21-19(13-18)11-12-25(23(21)26)15-17-5-3-2-4-6-17/h2-14H,15H2,1H3,(H,27,28). The summed E-state index contributed by atoms with van der Waals surface area (Å²) in [6, 6.07) is 22.5. The highest BCUT2D eigenvalue weighted by Crippen LogP contribution is 2.27. The molecule has 0 bridgehead atoms. The Labute approximate surface area is 162 Å². The molecule has 1 aromatic heterocycles. The molecule has 0 radical (unpaired) electrons. The Kier molecular flexibility index (Phi) is 4.53. The second-order valence-electron chi connectivity index (χ2n) is 6.87. The number of benzene rings is 3. The van der Waals surface area contributed by atoms with Gasteiger partial charge in [0.05, 0.1) is 12.1 Å². The summed E-state index contributed by atoms with van der Waals surface area (Å²) in [5, 5.41) is 10.7. The van der Waals surface area contributed by atoms with E-state index in [0.29, 0.717) is 11.9 Å². The van der Waals surface area contributed by atoms with Crippen LogP contribution in [0.25, 0.3) is 21.9 Å². The third-order valence-corrected chi connectivity index (χ3v) is 4.97. The molecule has 1 N–H and O–H groups in total. The zero-order chi connectivity index (χ0) is 19.7. The van der Waals surface area contributed by atoms with Crippen molar-refractivity contribution in [2.75, 3.05) is 0 Å². The molecule has 0 aliphatic rings. The van der Waals surface area contributed by atoms with Crippen molar-refractivity contribution in [3.8, 4) is 11.1 Å². The summed E-state index contributed by atoms with van der Waals surface area (Å²) in [4.78, 5) is 24.2. The molecule has 0 aliphatic heterocycles. The van der Waals surface area contributed by atoms with Gasteiger partial charge in [0, 0.05) is 11.6 Å². The maximum Gasteiger partial charge on any atom is 0.335 e. The van der Waals surface area contributed by atoms with Crippen LogP contribution in [0.15, 0.2) is 83.8 Å². The molecule has 0 spiro atoms. The van der Waals surface area contributed by atoms with Crippen LogP contribution in [0.2, 0.25) is 0 Å². The maximum absolute atomic E-state index is 12.9. The van der Waals surface area contributed by atoms with E-state index in [1.165, 1.54) is 0 Å². The van der Waals surface area contributed by atoms with Crippen LogP contribution in [0.1, 0.15) is 21.5 Å². The predicted octanol–water partition coefficient (Wildman–Crippen LogP) is 4.72. The quantitative estimate of drug-likeness (QED) is 0.566. The number of hydrogen-bond donors (Lipinski definition) is 1. The van der Waals surface area contributed by atoms with Crippen molar-refractivity contribution in [3.63, 3.8) is 0 Å². The number of aromatic nitrogens is 1. The Hall–Kier alpha value is -3.66. The van der Waals surface area contributed by atoms with Crippen molar-refractivity contribution in [3.05, 3.63) is 106 Å².